The normalized spacial score (nSPS) is 11.6. The lowest BCUT2D eigenvalue weighted by Crippen LogP contribution is -2.06. The Kier molecular flexibility index (Phi) is 4.99. The molecule has 0 bridgehead atoms. The number of nitro groups is 1. The molecule has 152 valence electrons. The van der Waals surface area contributed by atoms with Gasteiger partial charge < -0.3 is 24.8 Å². The number of benzene rings is 2. The number of esters is 1. The van der Waals surface area contributed by atoms with Crippen LogP contribution in [0.1, 0.15) is 10.4 Å². The lowest BCUT2D eigenvalue weighted by molar-refractivity contribution is -0.383. The first-order valence-electron chi connectivity index (χ1n) is 8.66. The van der Waals surface area contributed by atoms with Gasteiger partial charge in [0.1, 0.15) is 6.33 Å². The van der Waals surface area contributed by atoms with Crippen LogP contribution in [-0.4, -0.2) is 34.8 Å². The number of aromatic nitrogens is 2. The van der Waals surface area contributed by atoms with Crippen LogP contribution in [0.3, 0.4) is 0 Å². The molecule has 0 saturated carbocycles. The van der Waals surface area contributed by atoms with Crippen molar-refractivity contribution < 1.29 is 23.9 Å². The highest BCUT2D eigenvalue weighted by molar-refractivity contribution is 5.90. The van der Waals surface area contributed by atoms with Crippen molar-refractivity contribution in [3.63, 3.8) is 0 Å². The topological polar surface area (TPSA) is 138 Å². The van der Waals surface area contributed by atoms with Gasteiger partial charge in [0.2, 0.25) is 18.4 Å². The molecule has 2 aromatic carbocycles. The molecule has 1 aromatic heterocycles. The van der Waals surface area contributed by atoms with Crippen LogP contribution in [0.25, 0.3) is 0 Å². The van der Waals surface area contributed by atoms with Crippen molar-refractivity contribution in [3.05, 3.63) is 64.5 Å². The molecule has 2 N–H and O–H groups in total. The lowest BCUT2D eigenvalue weighted by Gasteiger charge is -2.11. The summed E-state index contributed by atoms with van der Waals surface area (Å²) in [5.74, 6) is 0.632. The van der Waals surface area contributed by atoms with Crippen molar-refractivity contribution in [2.75, 3.05) is 24.5 Å². The number of carbonyl (C=O) groups is 1. The molecule has 3 aromatic rings. The van der Waals surface area contributed by atoms with E-state index < -0.39 is 10.9 Å². The van der Waals surface area contributed by atoms with Crippen LogP contribution in [0.15, 0.2) is 48.8 Å². The van der Waals surface area contributed by atoms with Gasteiger partial charge in [-0.25, -0.2) is 14.8 Å². The SMILES string of the molecule is COC(=O)c1ccc(Nc2ncnc(Nc3ccc4c(c3)OCO4)c2[N+](=O)[O-])cc1. The van der Waals surface area contributed by atoms with E-state index in [1.165, 1.54) is 25.6 Å². The minimum atomic E-state index is -0.583. The molecule has 0 aliphatic carbocycles. The van der Waals surface area contributed by atoms with Crippen molar-refractivity contribution in [2.45, 2.75) is 0 Å². The Labute approximate surface area is 169 Å². The van der Waals surface area contributed by atoms with Crippen molar-refractivity contribution >= 4 is 34.7 Å². The first-order chi connectivity index (χ1) is 14.5. The van der Waals surface area contributed by atoms with E-state index in [4.69, 9.17) is 9.47 Å². The molecule has 0 radical (unpaired) electrons. The Morgan fingerprint density at radius 2 is 1.67 bits per heavy atom. The van der Waals surface area contributed by atoms with Crippen LogP contribution in [0.4, 0.5) is 28.7 Å². The number of rotatable bonds is 6. The van der Waals surface area contributed by atoms with E-state index in [2.05, 4.69) is 25.3 Å². The monoisotopic (exact) mass is 409 g/mol. The fourth-order valence-electron chi connectivity index (χ4n) is 2.79. The molecular weight excluding hydrogens is 394 g/mol. The summed E-state index contributed by atoms with van der Waals surface area (Å²) in [6, 6.07) is 11.3. The maximum absolute atomic E-state index is 11.7. The molecule has 0 atom stereocenters. The number of nitrogens with zero attached hydrogens (tertiary/aromatic N) is 3. The molecule has 1 aliphatic rings. The minimum absolute atomic E-state index is 0.00236. The third-order valence-corrected chi connectivity index (χ3v) is 4.21. The van der Waals surface area contributed by atoms with Crippen LogP contribution >= 0.6 is 0 Å². The molecular formula is C19H15N5O6. The zero-order valence-electron chi connectivity index (χ0n) is 15.6. The van der Waals surface area contributed by atoms with E-state index in [-0.39, 0.29) is 24.1 Å². The van der Waals surface area contributed by atoms with Crippen LogP contribution in [0, 0.1) is 10.1 Å². The smallest absolute Gasteiger partial charge is 0.353 e. The number of ether oxygens (including phenoxy) is 3. The third-order valence-electron chi connectivity index (χ3n) is 4.21. The molecule has 30 heavy (non-hydrogen) atoms. The van der Waals surface area contributed by atoms with Crippen molar-refractivity contribution in [1.29, 1.82) is 0 Å². The highest BCUT2D eigenvalue weighted by Crippen LogP contribution is 2.37. The van der Waals surface area contributed by atoms with Gasteiger partial charge in [0, 0.05) is 17.4 Å². The number of anilines is 4. The molecule has 0 fully saturated rings. The first-order valence-corrected chi connectivity index (χ1v) is 8.66. The molecule has 1 aliphatic heterocycles. The van der Waals surface area contributed by atoms with E-state index in [1.807, 2.05) is 0 Å². The summed E-state index contributed by atoms with van der Waals surface area (Å²) in [6.07, 6.45) is 1.20. The van der Waals surface area contributed by atoms with Gasteiger partial charge in [-0.15, -0.1) is 0 Å². The summed E-state index contributed by atoms with van der Waals surface area (Å²) < 4.78 is 15.2. The number of carbonyl (C=O) groups excluding carboxylic acids is 1. The number of nitrogens with one attached hydrogen (secondary N) is 2. The van der Waals surface area contributed by atoms with Gasteiger partial charge in [0.05, 0.1) is 17.6 Å². The Bertz CT molecular complexity index is 1120. The second-order valence-electron chi connectivity index (χ2n) is 6.06. The van der Waals surface area contributed by atoms with Crippen molar-refractivity contribution in [2.24, 2.45) is 0 Å². The van der Waals surface area contributed by atoms with Crippen LogP contribution in [-0.2, 0) is 4.74 Å². The Morgan fingerprint density at radius 3 is 2.33 bits per heavy atom. The predicted molar refractivity (Wildman–Crippen MR) is 106 cm³/mol. The average Bonchev–Trinajstić information content (AvgIpc) is 3.21. The summed E-state index contributed by atoms with van der Waals surface area (Å²) >= 11 is 0. The van der Waals surface area contributed by atoms with Gasteiger partial charge in [-0.1, -0.05) is 0 Å². The first kappa shape index (κ1) is 18.9. The fourth-order valence-corrected chi connectivity index (χ4v) is 2.79. The molecule has 0 amide bonds. The van der Waals surface area contributed by atoms with Crippen LogP contribution in [0.2, 0.25) is 0 Å². The predicted octanol–water partition coefficient (Wildman–Crippen LogP) is 3.39. The van der Waals surface area contributed by atoms with Gasteiger partial charge in [-0.2, -0.15) is 0 Å². The zero-order valence-corrected chi connectivity index (χ0v) is 15.6. The summed E-state index contributed by atoms with van der Waals surface area (Å²) in [5.41, 5.74) is 1.05. The van der Waals surface area contributed by atoms with Gasteiger partial charge in [0.15, 0.2) is 11.5 Å². The number of hydrogen-bond acceptors (Lipinski definition) is 10. The van der Waals surface area contributed by atoms with Crippen molar-refractivity contribution in [1.82, 2.24) is 9.97 Å². The van der Waals surface area contributed by atoms with E-state index in [1.54, 1.807) is 30.3 Å². The van der Waals surface area contributed by atoms with Gasteiger partial charge in [-0.05, 0) is 36.4 Å². The molecule has 0 unspecified atom stereocenters. The quantitative estimate of drug-likeness (QED) is 0.354. The fraction of sp³-hybridized carbons (Fsp3) is 0.105. The second-order valence-corrected chi connectivity index (χ2v) is 6.06. The number of fused-ring (bicyclic) bond motifs is 1. The summed E-state index contributed by atoms with van der Waals surface area (Å²) in [5, 5.41) is 17.5. The maximum atomic E-state index is 11.7. The zero-order chi connectivity index (χ0) is 21.1. The third kappa shape index (κ3) is 3.76. The van der Waals surface area contributed by atoms with E-state index in [9.17, 15) is 14.9 Å². The second kappa shape index (κ2) is 7.91. The maximum Gasteiger partial charge on any atom is 0.353 e. The van der Waals surface area contributed by atoms with E-state index in [0.29, 0.717) is 28.4 Å². The van der Waals surface area contributed by atoms with Gasteiger partial charge in [0.25, 0.3) is 0 Å². The number of hydrogen-bond donors (Lipinski definition) is 2. The molecule has 0 spiro atoms. The van der Waals surface area contributed by atoms with Gasteiger partial charge in [-0.3, -0.25) is 10.1 Å². The number of methoxy groups -OCH3 is 1. The van der Waals surface area contributed by atoms with Crippen LogP contribution in [0.5, 0.6) is 11.5 Å². The minimum Gasteiger partial charge on any atom is -0.465 e. The van der Waals surface area contributed by atoms with Gasteiger partial charge >= 0.3 is 11.7 Å². The molecule has 2 heterocycles. The Morgan fingerprint density at radius 1 is 1.03 bits per heavy atom. The molecule has 4 rings (SSSR count). The highest BCUT2D eigenvalue weighted by Gasteiger charge is 2.24. The summed E-state index contributed by atoms with van der Waals surface area (Å²) in [4.78, 5) is 30.7. The largest absolute Gasteiger partial charge is 0.465 e. The Balaban J connectivity index is 1.61. The average molecular weight is 409 g/mol. The Hall–Kier alpha value is -4.41. The summed E-state index contributed by atoms with van der Waals surface area (Å²) in [6.45, 7) is 0.120. The van der Waals surface area contributed by atoms with E-state index >= 15 is 0 Å². The molecule has 11 heteroatoms. The summed E-state index contributed by atoms with van der Waals surface area (Å²) in [7, 11) is 1.29. The van der Waals surface area contributed by atoms with Crippen molar-refractivity contribution in [3.8, 4) is 11.5 Å². The van der Waals surface area contributed by atoms with Crippen LogP contribution < -0.4 is 20.1 Å². The molecule has 0 saturated heterocycles. The lowest BCUT2D eigenvalue weighted by atomic mass is 10.2. The standard InChI is InChI=1S/C19H15N5O6/c1-28-19(25)11-2-4-12(5-3-11)22-17-16(24(26)27)18(21-9-20-17)23-13-6-7-14-15(8-13)30-10-29-14/h2-9H,10H2,1H3,(H2,20,21,22,23). The van der Waals surface area contributed by atoms with E-state index in [0.717, 1.165) is 0 Å². The highest BCUT2D eigenvalue weighted by atomic mass is 16.7. The molecule has 11 nitrogen and oxygen atoms in total.